The monoisotopic (exact) mass is 317 g/mol. The Bertz CT molecular complexity index is 729. The van der Waals surface area contributed by atoms with Crippen LogP contribution in [0, 0.1) is 5.41 Å². The van der Waals surface area contributed by atoms with Crippen LogP contribution < -0.4 is 5.73 Å². The molecule has 0 saturated carbocycles. The molecule has 1 aromatic heterocycles. The van der Waals surface area contributed by atoms with Gasteiger partial charge in [-0.25, -0.2) is 0 Å². The molecule has 1 amide bonds. The summed E-state index contributed by atoms with van der Waals surface area (Å²) in [4.78, 5) is 19.2. The second-order valence-electron chi connectivity index (χ2n) is 6.64. The third-order valence-corrected chi connectivity index (χ3v) is 4.72. The van der Waals surface area contributed by atoms with Crippen molar-refractivity contribution in [3.63, 3.8) is 0 Å². The third-order valence-electron chi connectivity index (χ3n) is 4.50. The number of nitrogens with two attached hydrogens (primary N) is 1. The van der Waals surface area contributed by atoms with Crippen LogP contribution in [0.1, 0.15) is 30.6 Å². The molecule has 1 fully saturated rings. The maximum Gasteiger partial charge on any atom is 0.256 e. The fourth-order valence-electron chi connectivity index (χ4n) is 3.04. The molecular formula is C17H20ClN3O. The molecule has 1 atom stereocenters. The molecule has 1 aliphatic heterocycles. The number of likely N-dealkylation sites (tertiary alicyclic amines) is 1. The Morgan fingerprint density at radius 2 is 2.23 bits per heavy atom. The first-order valence-electron chi connectivity index (χ1n) is 7.47. The minimum Gasteiger partial charge on any atom is -0.338 e. The number of carbonyl (C=O) groups is 1. The van der Waals surface area contributed by atoms with Crippen molar-refractivity contribution in [3.05, 3.63) is 41.0 Å². The lowest BCUT2D eigenvalue weighted by atomic mass is 9.79. The molecule has 2 heterocycles. The number of hydrogen-bond acceptors (Lipinski definition) is 3. The first-order valence-corrected chi connectivity index (χ1v) is 7.85. The Morgan fingerprint density at radius 3 is 2.95 bits per heavy atom. The van der Waals surface area contributed by atoms with E-state index < -0.39 is 0 Å². The minimum absolute atomic E-state index is 0.0221. The topological polar surface area (TPSA) is 59.2 Å². The van der Waals surface area contributed by atoms with E-state index >= 15 is 0 Å². The van der Waals surface area contributed by atoms with Gasteiger partial charge in [0, 0.05) is 35.7 Å². The average molecular weight is 318 g/mol. The zero-order valence-corrected chi connectivity index (χ0v) is 13.6. The van der Waals surface area contributed by atoms with E-state index in [1.807, 2.05) is 23.1 Å². The third kappa shape index (κ3) is 2.69. The van der Waals surface area contributed by atoms with Crippen LogP contribution in [-0.2, 0) is 0 Å². The molecule has 2 N–H and O–H groups in total. The largest absolute Gasteiger partial charge is 0.338 e. The maximum absolute atomic E-state index is 12.9. The second kappa shape index (κ2) is 5.52. The molecule has 0 spiro atoms. The predicted molar refractivity (Wildman–Crippen MR) is 89.0 cm³/mol. The summed E-state index contributed by atoms with van der Waals surface area (Å²) in [5.74, 6) is -0.0221. The Labute approximate surface area is 135 Å². The molecule has 2 aromatic rings. The van der Waals surface area contributed by atoms with Crippen molar-refractivity contribution in [2.45, 2.75) is 26.3 Å². The number of pyridine rings is 1. The summed E-state index contributed by atoms with van der Waals surface area (Å²) in [6, 6.07) is 7.42. The number of hydrogen-bond donors (Lipinski definition) is 1. The van der Waals surface area contributed by atoms with Crippen LogP contribution in [0.25, 0.3) is 10.9 Å². The van der Waals surface area contributed by atoms with Gasteiger partial charge < -0.3 is 10.6 Å². The number of fused-ring (bicyclic) bond motifs is 1. The molecule has 0 radical (unpaired) electrons. The van der Waals surface area contributed by atoms with Gasteiger partial charge in [-0.3, -0.25) is 9.78 Å². The molecule has 0 aliphatic carbocycles. The maximum atomic E-state index is 12.9. The number of carbonyl (C=O) groups excluding carboxylic acids is 1. The van der Waals surface area contributed by atoms with Crippen LogP contribution in [0.4, 0.5) is 0 Å². The second-order valence-corrected chi connectivity index (χ2v) is 7.08. The Kier molecular flexibility index (Phi) is 3.83. The van der Waals surface area contributed by atoms with Gasteiger partial charge in [-0.05, 0) is 30.0 Å². The van der Waals surface area contributed by atoms with E-state index in [9.17, 15) is 4.79 Å². The van der Waals surface area contributed by atoms with Gasteiger partial charge in [0.1, 0.15) is 0 Å². The highest BCUT2D eigenvalue weighted by Crippen LogP contribution is 2.30. The molecule has 0 bridgehead atoms. The molecule has 22 heavy (non-hydrogen) atoms. The van der Waals surface area contributed by atoms with Crippen LogP contribution >= 0.6 is 11.6 Å². The molecule has 3 rings (SSSR count). The summed E-state index contributed by atoms with van der Waals surface area (Å²) < 4.78 is 0. The lowest BCUT2D eigenvalue weighted by Crippen LogP contribution is -2.54. The molecule has 4 nitrogen and oxygen atoms in total. The molecule has 1 unspecified atom stereocenters. The zero-order chi connectivity index (χ0) is 15.9. The summed E-state index contributed by atoms with van der Waals surface area (Å²) >= 11 is 6.17. The van der Waals surface area contributed by atoms with E-state index in [0.717, 1.165) is 11.8 Å². The van der Waals surface area contributed by atoms with Gasteiger partial charge in [-0.1, -0.05) is 31.5 Å². The normalized spacial score (nSPS) is 21.1. The van der Waals surface area contributed by atoms with Crippen molar-refractivity contribution in [3.8, 4) is 0 Å². The number of amides is 1. The Morgan fingerprint density at radius 1 is 1.45 bits per heavy atom. The number of piperidine rings is 1. The number of nitrogens with zero attached hydrogens (tertiary/aromatic N) is 2. The Hall–Kier alpha value is -1.65. The van der Waals surface area contributed by atoms with Crippen LogP contribution in [0.5, 0.6) is 0 Å². The molecule has 5 heteroatoms. The van der Waals surface area contributed by atoms with E-state index in [1.54, 1.807) is 12.3 Å². The highest BCUT2D eigenvalue weighted by molar-refractivity contribution is 6.32. The van der Waals surface area contributed by atoms with Crippen molar-refractivity contribution < 1.29 is 4.79 Å². The van der Waals surface area contributed by atoms with Gasteiger partial charge in [0.15, 0.2) is 0 Å². The van der Waals surface area contributed by atoms with Crippen LogP contribution in [-0.4, -0.2) is 34.9 Å². The highest BCUT2D eigenvalue weighted by atomic mass is 35.5. The number of aromatic nitrogens is 1. The molecule has 1 aliphatic rings. The van der Waals surface area contributed by atoms with Crippen LogP contribution in [0.15, 0.2) is 30.5 Å². The van der Waals surface area contributed by atoms with Gasteiger partial charge in [-0.2, -0.15) is 0 Å². The van der Waals surface area contributed by atoms with E-state index in [1.165, 1.54) is 0 Å². The van der Waals surface area contributed by atoms with Crippen molar-refractivity contribution in [2.24, 2.45) is 11.1 Å². The van der Waals surface area contributed by atoms with Crippen molar-refractivity contribution in [2.75, 3.05) is 13.1 Å². The first-order chi connectivity index (χ1) is 10.4. The summed E-state index contributed by atoms with van der Waals surface area (Å²) in [6.45, 7) is 5.52. The van der Waals surface area contributed by atoms with Crippen molar-refractivity contribution in [1.82, 2.24) is 9.88 Å². The van der Waals surface area contributed by atoms with Gasteiger partial charge in [-0.15, -0.1) is 0 Å². The zero-order valence-electron chi connectivity index (χ0n) is 12.8. The number of rotatable bonds is 1. The SMILES string of the molecule is CC1(C)CN(C(=O)c2cc(Cl)cc3cccnc23)CCC1N. The number of halogens is 1. The lowest BCUT2D eigenvalue weighted by molar-refractivity contribution is 0.0534. The van der Waals surface area contributed by atoms with Crippen LogP contribution in [0.2, 0.25) is 5.02 Å². The van der Waals surface area contributed by atoms with Crippen molar-refractivity contribution >= 4 is 28.4 Å². The number of benzene rings is 1. The van der Waals surface area contributed by atoms with Gasteiger partial charge >= 0.3 is 0 Å². The van der Waals surface area contributed by atoms with Gasteiger partial charge in [0.25, 0.3) is 5.91 Å². The smallest absolute Gasteiger partial charge is 0.256 e. The lowest BCUT2D eigenvalue weighted by Gasteiger charge is -2.42. The molecule has 116 valence electrons. The van der Waals surface area contributed by atoms with E-state index in [4.69, 9.17) is 17.3 Å². The van der Waals surface area contributed by atoms with E-state index in [0.29, 0.717) is 29.2 Å². The summed E-state index contributed by atoms with van der Waals surface area (Å²) in [6.07, 6.45) is 2.51. The van der Waals surface area contributed by atoms with E-state index in [2.05, 4.69) is 18.8 Å². The summed E-state index contributed by atoms with van der Waals surface area (Å²) in [5.41, 5.74) is 7.33. The fourth-order valence-corrected chi connectivity index (χ4v) is 3.26. The average Bonchev–Trinajstić information content (AvgIpc) is 2.48. The predicted octanol–water partition coefficient (Wildman–Crippen LogP) is 3.09. The van der Waals surface area contributed by atoms with Gasteiger partial charge in [0.05, 0.1) is 11.1 Å². The standard InChI is InChI=1S/C17H20ClN3O/c1-17(2)10-21(7-5-14(17)19)16(22)13-9-12(18)8-11-4-3-6-20-15(11)13/h3-4,6,8-9,14H,5,7,10,19H2,1-2H3. The minimum atomic E-state index is -0.0876. The first kappa shape index (κ1) is 15.3. The highest BCUT2D eigenvalue weighted by Gasteiger charge is 2.36. The molecule has 1 aromatic carbocycles. The quantitative estimate of drug-likeness (QED) is 0.879. The summed E-state index contributed by atoms with van der Waals surface area (Å²) in [5, 5.41) is 1.43. The fraction of sp³-hybridized carbons (Fsp3) is 0.412. The van der Waals surface area contributed by atoms with E-state index in [-0.39, 0.29) is 17.4 Å². The van der Waals surface area contributed by atoms with Gasteiger partial charge in [0.2, 0.25) is 0 Å². The van der Waals surface area contributed by atoms with Crippen LogP contribution in [0.3, 0.4) is 0 Å². The molecule has 1 saturated heterocycles. The summed E-state index contributed by atoms with van der Waals surface area (Å²) in [7, 11) is 0. The molecular weight excluding hydrogens is 298 g/mol. The Balaban J connectivity index is 1.99. The van der Waals surface area contributed by atoms with Crippen molar-refractivity contribution in [1.29, 1.82) is 0 Å².